The fourth-order valence-corrected chi connectivity index (χ4v) is 4.12. The fraction of sp³-hybridized carbons (Fsp3) is 0.182. The summed E-state index contributed by atoms with van der Waals surface area (Å²) in [6.07, 6.45) is 0. The molecule has 31 heavy (non-hydrogen) atoms. The Morgan fingerprint density at radius 1 is 1.35 bits per heavy atom. The Hall–Kier alpha value is -3.51. The first-order chi connectivity index (χ1) is 14.9. The number of nitriles is 1. The molecular weight excluding hydrogens is 467 g/mol. The van der Waals surface area contributed by atoms with Crippen molar-refractivity contribution in [3.05, 3.63) is 80.5 Å². The Kier molecular flexibility index (Phi) is 5.57. The molecule has 0 saturated carbocycles. The number of allylic oxidation sites excluding steroid dienone is 1. The van der Waals surface area contributed by atoms with Crippen molar-refractivity contribution in [3.8, 4) is 23.4 Å². The van der Waals surface area contributed by atoms with E-state index in [1.807, 2.05) is 13.0 Å². The van der Waals surface area contributed by atoms with Gasteiger partial charge in [0, 0.05) is 16.8 Å². The number of halogens is 2. The van der Waals surface area contributed by atoms with Gasteiger partial charge >= 0.3 is 0 Å². The number of hydrogen-bond acceptors (Lipinski definition) is 6. The zero-order chi connectivity index (χ0) is 22.1. The number of hydrogen-bond donors (Lipinski definition) is 2. The molecule has 0 fully saturated rings. The minimum atomic E-state index is -0.502. The van der Waals surface area contributed by atoms with E-state index < -0.39 is 5.92 Å². The van der Waals surface area contributed by atoms with E-state index in [2.05, 4.69) is 32.2 Å². The third-order valence-corrected chi connectivity index (χ3v) is 5.63. The summed E-state index contributed by atoms with van der Waals surface area (Å²) in [7, 11) is 1.51. The minimum absolute atomic E-state index is 0.00136. The number of nitrogens with two attached hydrogens (primary N) is 1. The van der Waals surface area contributed by atoms with Gasteiger partial charge in [-0.2, -0.15) is 5.26 Å². The van der Waals surface area contributed by atoms with Crippen LogP contribution in [0.4, 0.5) is 4.39 Å². The van der Waals surface area contributed by atoms with E-state index >= 15 is 0 Å². The third kappa shape index (κ3) is 3.70. The van der Waals surface area contributed by atoms with Crippen LogP contribution in [0.25, 0.3) is 0 Å². The van der Waals surface area contributed by atoms with Crippen LogP contribution in [0, 0.1) is 24.1 Å². The largest absolute Gasteiger partial charge is 0.493 e. The quantitative estimate of drug-likeness (QED) is 0.554. The number of aromatic amines is 1. The Balaban J connectivity index is 1.75. The van der Waals surface area contributed by atoms with Gasteiger partial charge in [0.2, 0.25) is 11.8 Å². The zero-order valence-corrected chi connectivity index (χ0v) is 18.3. The van der Waals surface area contributed by atoms with Gasteiger partial charge in [-0.1, -0.05) is 18.2 Å². The van der Waals surface area contributed by atoms with Crippen molar-refractivity contribution < 1.29 is 18.6 Å². The second kappa shape index (κ2) is 8.32. The Morgan fingerprint density at radius 2 is 2.13 bits per heavy atom. The van der Waals surface area contributed by atoms with E-state index in [4.69, 9.17) is 19.9 Å². The number of aryl methyl sites for hydroxylation is 1. The molecule has 7 nitrogen and oxygen atoms in total. The number of nitrogens with one attached hydrogen (secondary N) is 1. The molecule has 3 N–H and O–H groups in total. The van der Waals surface area contributed by atoms with Gasteiger partial charge in [-0.15, -0.1) is 5.10 Å². The summed E-state index contributed by atoms with van der Waals surface area (Å²) >= 11 is 3.52. The summed E-state index contributed by atoms with van der Waals surface area (Å²) in [6.45, 7) is 1.87. The normalized spacial score (nSPS) is 15.1. The van der Waals surface area contributed by atoms with Gasteiger partial charge in [-0.25, -0.2) is 4.39 Å². The first kappa shape index (κ1) is 20.8. The number of rotatable bonds is 5. The highest BCUT2D eigenvalue weighted by atomic mass is 79.9. The van der Waals surface area contributed by atoms with Gasteiger partial charge in [0.1, 0.15) is 24.1 Å². The minimum Gasteiger partial charge on any atom is -0.493 e. The average molecular weight is 485 g/mol. The van der Waals surface area contributed by atoms with E-state index in [9.17, 15) is 9.65 Å². The number of H-pyrrole nitrogens is 1. The van der Waals surface area contributed by atoms with Gasteiger partial charge < -0.3 is 19.9 Å². The maximum absolute atomic E-state index is 14.0. The lowest BCUT2D eigenvalue weighted by atomic mass is 9.84. The lowest BCUT2D eigenvalue weighted by Crippen LogP contribution is -2.21. The summed E-state index contributed by atoms with van der Waals surface area (Å²) < 4.78 is 31.5. The molecule has 0 unspecified atom stereocenters. The number of ether oxygens (including phenoxy) is 3. The summed E-state index contributed by atoms with van der Waals surface area (Å²) in [4.78, 5) is 0. The standard InChI is InChI=1S/C22H18BrFN4O3/c1-11-18-19(14(9-25)21(26)31-22(18)28-27-11)13-7-15(23)20(17(8-13)29-2)30-10-12-5-3-4-6-16(12)24/h3-8,19H,10,26H2,1-2H3,(H,27,28)/t19-/m1/s1. The molecule has 158 valence electrons. The van der Waals surface area contributed by atoms with Crippen molar-refractivity contribution in [2.75, 3.05) is 7.11 Å². The van der Waals surface area contributed by atoms with Crippen molar-refractivity contribution in [2.45, 2.75) is 19.4 Å². The lowest BCUT2D eigenvalue weighted by molar-refractivity contribution is 0.277. The van der Waals surface area contributed by atoms with Crippen molar-refractivity contribution in [2.24, 2.45) is 5.73 Å². The van der Waals surface area contributed by atoms with E-state index in [1.165, 1.54) is 13.2 Å². The van der Waals surface area contributed by atoms with Crippen molar-refractivity contribution in [3.63, 3.8) is 0 Å². The van der Waals surface area contributed by atoms with Crippen LogP contribution in [-0.4, -0.2) is 17.3 Å². The monoisotopic (exact) mass is 484 g/mol. The van der Waals surface area contributed by atoms with Crippen molar-refractivity contribution in [1.82, 2.24) is 10.2 Å². The summed E-state index contributed by atoms with van der Waals surface area (Å²) in [5.74, 6) is 0.319. The van der Waals surface area contributed by atoms with Gasteiger partial charge in [0.15, 0.2) is 11.5 Å². The SMILES string of the molecule is COc1cc([C@@H]2C(C#N)=C(N)Oc3n[nH]c(C)c32)cc(Br)c1OCc1ccccc1F. The lowest BCUT2D eigenvalue weighted by Gasteiger charge is -2.25. The molecule has 0 bridgehead atoms. The highest BCUT2D eigenvalue weighted by molar-refractivity contribution is 9.10. The molecule has 1 aromatic heterocycles. The Bertz CT molecular complexity index is 1230. The molecule has 0 radical (unpaired) electrons. The summed E-state index contributed by atoms with van der Waals surface area (Å²) in [6, 6.07) is 12.1. The van der Waals surface area contributed by atoms with Gasteiger partial charge in [-0.3, -0.25) is 5.10 Å². The molecular formula is C22H18BrFN4O3. The molecule has 2 aromatic carbocycles. The van der Waals surface area contributed by atoms with Crippen molar-refractivity contribution >= 4 is 15.9 Å². The molecule has 9 heteroatoms. The first-order valence-electron chi connectivity index (χ1n) is 9.30. The molecule has 3 aromatic rings. The maximum atomic E-state index is 14.0. The molecule has 1 aliphatic heterocycles. The van der Waals surface area contributed by atoms with Crippen LogP contribution in [0.15, 0.2) is 52.3 Å². The molecule has 0 spiro atoms. The maximum Gasteiger partial charge on any atom is 0.244 e. The van der Waals surface area contributed by atoms with Crippen molar-refractivity contribution in [1.29, 1.82) is 5.26 Å². The third-order valence-electron chi connectivity index (χ3n) is 5.04. The highest BCUT2D eigenvalue weighted by Crippen LogP contribution is 2.46. The van der Waals surface area contributed by atoms with Crippen LogP contribution in [0.2, 0.25) is 0 Å². The molecule has 1 atom stereocenters. The van der Waals surface area contributed by atoms with Crippen LogP contribution in [0.5, 0.6) is 17.4 Å². The van der Waals surface area contributed by atoms with E-state index in [0.717, 1.165) is 16.8 Å². The summed E-state index contributed by atoms with van der Waals surface area (Å²) in [5, 5.41) is 16.7. The van der Waals surface area contributed by atoms with Gasteiger partial charge in [0.25, 0.3) is 0 Å². The van der Waals surface area contributed by atoms with E-state index in [0.29, 0.717) is 27.4 Å². The number of aromatic nitrogens is 2. The van der Waals surface area contributed by atoms with Crippen LogP contribution in [0.3, 0.4) is 0 Å². The van der Waals surface area contributed by atoms with Gasteiger partial charge in [-0.05, 0) is 46.6 Å². The van der Waals surface area contributed by atoms with E-state index in [-0.39, 0.29) is 23.9 Å². The highest BCUT2D eigenvalue weighted by Gasteiger charge is 2.35. The number of fused-ring (bicyclic) bond motifs is 1. The predicted octanol–water partition coefficient (Wildman–Crippen LogP) is 4.43. The fourth-order valence-electron chi connectivity index (χ4n) is 3.54. The van der Waals surface area contributed by atoms with Crippen LogP contribution >= 0.6 is 15.9 Å². The molecule has 4 rings (SSSR count). The van der Waals surface area contributed by atoms with Crippen LogP contribution in [0.1, 0.15) is 28.3 Å². The molecule has 0 aliphatic carbocycles. The van der Waals surface area contributed by atoms with Crippen LogP contribution < -0.4 is 19.9 Å². The Labute approximate surface area is 186 Å². The second-order valence-corrected chi connectivity index (χ2v) is 7.76. The number of nitrogens with zero attached hydrogens (tertiary/aromatic N) is 2. The molecule has 1 aliphatic rings. The van der Waals surface area contributed by atoms with Crippen LogP contribution in [-0.2, 0) is 6.61 Å². The zero-order valence-electron chi connectivity index (χ0n) is 16.7. The van der Waals surface area contributed by atoms with E-state index in [1.54, 1.807) is 24.3 Å². The second-order valence-electron chi connectivity index (χ2n) is 6.91. The topological polar surface area (TPSA) is 106 Å². The molecule has 2 heterocycles. The predicted molar refractivity (Wildman–Crippen MR) is 114 cm³/mol. The average Bonchev–Trinajstić information content (AvgIpc) is 3.12. The molecule has 0 amide bonds. The number of methoxy groups -OCH3 is 1. The molecule has 0 saturated heterocycles. The van der Waals surface area contributed by atoms with Gasteiger partial charge in [0.05, 0.1) is 17.5 Å². The number of benzene rings is 2. The smallest absolute Gasteiger partial charge is 0.244 e. The summed E-state index contributed by atoms with van der Waals surface area (Å²) in [5.41, 5.74) is 8.89. The Morgan fingerprint density at radius 3 is 2.84 bits per heavy atom. The first-order valence-corrected chi connectivity index (χ1v) is 10.1.